The highest BCUT2D eigenvalue weighted by Gasteiger charge is 2.33. The maximum Gasteiger partial charge on any atom is 0.234 e. The van der Waals surface area contributed by atoms with Crippen molar-refractivity contribution in [1.29, 1.82) is 0 Å². The summed E-state index contributed by atoms with van der Waals surface area (Å²) in [5.74, 6) is 1.63. The van der Waals surface area contributed by atoms with Gasteiger partial charge in [-0.3, -0.25) is 4.79 Å². The second-order valence-corrected chi connectivity index (χ2v) is 6.87. The number of carbonyl (C=O) groups is 1. The molecule has 0 spiro atoms. The number of ether oxygens (including phenoxy) is 1. The van der Waals surface area contributed by atoms with E-state index in [1.165, 1.54) is 4.88 Å². The third-order valence-electron chi connectivity index (χ3n) is 3.33. The zero-order valence-corrected chi connectivity index (χ0v) is 13.5. The van der Waals surface area contributed by atoms with Gasteiger partial charge in [0.25, 0.3) is 0 Å². The molecule has 0 bridgehead atoms. The summed E-state index contributed by atoms with van der Waals surface area (Å²) < 4.78 is 5.56. The van der Waals surface area contributed by atoms with Crippen LogP contribution in [0.15, 0.2) is 41.8 Å². The first-order chi connectivity index (χ1) is 10.3. The van der Waals surface area contributed by atoms with Crippen LogP contribution < -0.4 is 4.74 Å². The van der Waals surface area contributed by atoms with Crippen LogP contribution in [0.5, 0.6) is 5.75 Å². The van der Waals surface area contributed by atoms with Gasteiger partial charge in [-0.05, 0) is 36.1 Å². The standard InChI is InChI=1S/C16H17NO2S2/c1-2-19-13-6-3-5-12(9-13)16-17(15(18)11-21-16)10-14-7-4-8-20-14/h3-9,16H,2,10-11H2,1H3. The van der Waals surface area contributed by atoms with Crippen LogP contribution in [-0.4, -0.2) is 23.2 Å². The molecule has 1 atom stereocenters. The van der Waals surface area contributed by atoms with Gasteiger partial charge in [-0.15, -0.1) is 23.1 Å². The highest BCUT2D eigenvalue weighted by atomic mass is 32.2. The van der Waals surface area contributed by atoms with Crippen molar-refractivity contribution in [2.24, 2.45) is 0 Å². The second-order valence-electron chi connectivity index (χ2n) is 4.77. The smallest absolute Gasteiger partial charge is 0.234 e. The molecule has 1 unspecified atom stereocenters. The Morgan fingerprint density at radius 2 is 2.24 bits per heavy atom. The Labute approximate surface area is 132 Å². The zero-order chi connectivity index (χ0) is 14.7. The van der Waals surface area contributed by atoms with E-state index in [-0.39, 0.29) is 11.3 Å². The minimum absolute atomic E-state index is 0.0833. The molecule has 3 rings (SSSR count). The van der Waals surface area contributed by atoms with Gasteiger partial charge < -0.3 is 9.64 Å². The molecule has 3 nitrogen and oxygen atoms in total. The van der Waals surface area contributed by atoms with Gasteiger partial charge in [0.15, 0.2) is 0 Å². The molecule has 1 fully saturated rings. The lowest BCUT2D eigenvalue weighted by Crippen LogP contribution is -2.27. The van der Waals surface area contributed by atoms with Gasteiger partial charge in [-0.25, -0.2) is 0 Å². The molecule has 0 N–H and O–H groups in total. The highest BCUT2D eigenvalue weighted by Crippen LogP contribution is 2.40. The molecular weight excluding hydrogens is 302 g/mol. The number of hydrogen-bond acceptors (Lipinski definition) is 4. The van der Waals surface area contributed by atoms with Crippen molar-refractivity contribution in [3.63, 3.8) is 0 Å². The average Bonchev–Trinajstić information content (AvgIpc) is 3.11. The van der Waals surface area contributed by atoms with Crippen LogP contribution in [-0.2, 0) is 11.3 Å². The van der Waals surface area contributed by atoms with Crippen molar-refractivity contribution in [3.8, 4) is 5.75 Å². The lowest BCUT2D eigenvalue weighted by molar-refractivity contribution is -0.128. The number of hydrogen-bond donors (Lipinski definition) is 0. The number of thiophene rings is 1. The van der Waals surface area contributed by atoms with Crippen molar-refractivity contribution < 1.29 is 9.53 Å². The van der Waals surface area contributed by atoms with Gasteiger partial charge in [0, 0.05) is 4.88 Å². The third kappa shape index (κ3) is 3.24. The third-order valence-corrected chi connectivity index (χ3v) is 5.45. The summed E-state index contributed by atoms with van der Waals surface area (Å²) in [6.07, 6.45) is 0. The van der Waals surface area contributed by atoms with Gasteiger partial charge in [0.2, 0.25) is 5.91 Å². The van der Waals surface area contributed by atoms with Crippen molar-refractivity contribution in [1.82, 2.24) is 4.90 Å². The molecule has 2 aromatic rings. The summed E-state index contributed by atoms with van der Waals surface area (Å²) >= 11 is 3.38. The summed E-state index contributed by atoms with van der Waals surface area (Å²) in [6, 6.07) is 12.2. The highest BCUT2D eigenvalue weighted by molar-refractivity contribution is 8.00. The molecule has 0 aliphatic carbocycles. The number of benzene rings is 1. The molecule has 1 aromatic heterocycles. The summed E-state index contributed by atoms with van der Waals surface area (Å²) in [7, 11) is 0. The monoisotopic (exact) mass is 319 g/mol. The van der Waals surface area contributed by atoms with E-state index >= 15 is 0 Å². The van der Waals surface area contributed by atoms with E-state index in [1.54, 1.807) is 23.1 Å². The molecule has 0 radical (unpaired) electrons. The van der Waals surface area contributed by atoms with Gasteiger partial charge in [-0.2, -0.15) is 0 Å². The fraction of sp³-hybridized carbons (Fsp3) is 0.312. The molecule has 5 heteroatoms. The minimum Gasteiger partial charge on any atom is -0.494 e. The molecule has 1 aromatic carbocycles. The van der Waals surface area contributed by atoms with E-state index in [0.29, 0.717) is 18.9 Å². The summed E-state index contributed by atoms with van der Waals surface area (Å²) in [5.41, 5.74) is 1.13. The molecular formula is C16H17NO2S2. The predicted molar refractivity (Wildman–Crippen MR) is 87.7 cm³/mol. The molecule has 1 saturated heterocycles. The Morgan fingerprint density at radius 3 is 3.00 bits per heavy atom. The van der Waals surface area contributed by atoms with Crippen molar-refractivity contribution >= 4 is 29.0 Å². The summed E-state index contributed by atoms with van der Waals surface area (Å²) in [4.78, 5) is 15.4. The second kappa shape index (κ2) is 6.54. The number of nitrogens with zero attached hydrogens (tertiary/aromatic N) is 1. The fourth-order valence-electron chi connectivity index (χ4n) is 2.40. The Kier molecular flexibility index (Phi) is 4.51. The van der Waals surface area contributed by atoms with Gasteiger partial charge in [0.1, 0.15) is 11.1 Å². The molecule has 21 heavy (non-hydrogen) atoms. The molecule has 2 heterocycles. The first-order valence-corrected chi connectivity index (χ1v) is 8.87. The molecule has 1 aliphatic heterocycles. The van der Waals surface area contributed by atoms with Crippen molar-refractivity contribution in [3.05, 3.63) is 52.2 Å². The van der Waals surface area contributed by atoms with Crippen LogP contribution in [0.1, 0.15) is 22.7 Å². The lowest BCUT2D eigenvalue weighted by Gasteiger charge is -2.24. The lowest BCUT2D eigenvalue weighted by atomic mass is 10.2. The number of amides is 1. The number of carbonyl (C=O) groups excluding carboxylic acids is 1. The van der Waals surface area contributed by atoms with Gasteiger partial charge in [-0.1, -0.05) is 18.2 Å². The Bertz CT molecular complexity index is 612. The van der Waals surface area contributed by atoms with Crippen LogP contribution in [0.4, 0.5) is 0 Å². The molecule has 0 saturated carbocycles. The van der Waals surface area contributed by atoms with Crippen LogP contribution in [0.25, 0.3) is 0 Å². The van der Waals surface area contributed by atoms with E-state index in [0.717, 1.165) is 11.3 Å². The van der Waals surface area contributed by atoms with Crippen molar-refractivity contribution in [2.45, 2.75) is 18.8 Å². The van der Waals surface area contributed by atoms with Crippen LogP contribution in [0.2, 0.25) is 0 Å². The first-order valence-electron chi connectivity index (χ1n) is 6.94. The van der Waals surface area contributed by atoms with Gasteiger partial charge in [0.05, 0.1) is 18.9 Å². The molecule has 1 amide bonds. The topological polar surface area (TPSA) is 29.5 Å². The Morgan fingerprint density at radius 1 is 1.33 bits per heavy atom. The van der Waals surface area contributed by atoms with E-state index in [2.05, 4.69) is 12.1 Å². The minimum atomic E-state index is 0.0833. The van der Waals surface area contributed by atoms with E-state index in [9.17, 15) is 4.79 Å². The Hall–Kier alpha value is -1.46. The van der Waals surface area contributed by atoms with Gasteiger partial charge >= 0.3 is 0 Å². The summed E-state index contributed by atoms with van der Waals surface area (Å²) in [6.45, 7) is 3.32. The van der Waals surface area contributed by atoms with E-state index < -0.39 is 0 Å². The van der Waals surface area contributed by atoms with Crippen molar-refractivity contribution in [2.75, 3.05) is 12.4 Å². The maximum absolute atomic E-state index is 12.2. The van der Waals surface area contributed by atoms with Crippen LogP contribution in [0, 0.1) is 0 Å². The quantitative estimate of drug-likeness (QED) is 0.836. The molecule has 110 valence electrons. The maximum atomic E-state index is 12.2. The van der Waals surface area contributed by atoms with Crippen LogP contribution >= 0.6 is 23.1 Å². The zero-order valence-electron chi connectivity index (χ0n) is 11.8. The largest absolute Gasteiger partial charge is 0.494 e. The number of thioether (sulfide) groups is 1. The predicted octanol–water partition coefficient (Wildman–Crippen LogP) is 3.92. The Balaban J connectivity index is 1.82. The first kappa shape index (κ1) is 14.5. The normalized spacial score (nSPS) is 18.2. The SMILES string of the molecule is CCOc1cccc(C2SCC(=O)N2Cc2cccs2)c1. The van der Waals surface area contributed by atoms with E-state index in [4.69, 9.17) is 4.74 Å². The summed E-state index contributed by atoms with van der Waals surface area (Å²) in [5, 5.41) is 2.13. The van der Waals surface area contributed by atoms with E-state index in [1.807, 2.05) is 41.5 Å². The fourth-order valence-corrected chi connectivity index (χ4v) is 4.28. The number of rotatable bonds is 5. The average molecular weight is 319 g/mol. The van der Waals surface area contributed by atoms with Crippen LogP contribution in [0.3, 0.4) is 0 Å². The molecule has 1 aliphatic rings.